The quantitative estimate of drug-likeness (QED) is 0.754. The molecule has 1 nitrogen and oxygen atoms in total. The summed E-state index contributed by atoms with van der Waals surface area (Å²) in [6.07, 6.45) is 3.96. The zero-order chi connectivity index (χ0) is 10.0. The number of likely N-dealkylation sites (N-methyl/N-ethyl adjacent to an activating group) is 1. The standard InChI is InChI=1S/C13H19N/c1-13(10-6-9-12(13)14-2)11-7-4-3-5-8-11/h3-5,7-8,12,14H,6,9-10H2,1-2H3/t12-,13-/m0/s1. The predicted octanol–water partition coefficient (Wildman–Crippen LogP) is 2.72. The topological polar surface area (TPSA) is 12.0 Å². The molecule has 1 aliphatic carbocycles. The number of nitrogens with one attached hydrogen (secondary N) is 1. The molecule has 2 atom stereocenters. The number of rotatable bonds is 2. The molecule has 14 heavy (non-hydrogen) atoms. The Morgan fingerprint density at radius 3 is 2.64 bits per heavy atom. The van der Waals surface area contributed by atoms with Crippen LogP contribution in [0.2, 0.25) is 0 Å². The van der Waals surface area contributed by atoms with Gasteiger partial charge in [0.1, 0.15) is 0 Å². The Morgan fingerprint density at radius 1 is 1.29 bits per heavy atom. The van der Waals surface area contributed by atoms with Gasteiger partial charge in [-0.25, -0.2) is 0 Å². The Balaban J connectivity index is 2.31. The van der Waals surface area contributed by atoms with Crippen molar-refractivity contribution in [2.75, 3.05) is 7.05 Å². The minimum absolute atomic E-state index is 0.343. The third-order valence-corrected chi connectivity index (χ3v) is 3.74. The highest BCUT2D eigenvalue weighted by Gasteiger charge is 2.38. The lowest BCUT2D eigenvalue weighted by molar-refractivity contribution is 0.382. The summed E-state index contributed by atoms with van der Waals surface area (Å²) in [4.78, 5) is 0. The molecule has 0 unspecified atom stereocenters. The zero-order valence-corrected chi connectivity index (χ0v) is 9.09. The van der Waals surface area contributed by atoms with Gasteiger partial charge in [0.2, 0.25) is 0 Å². The maximum Gasteiger partial charge on any atom is 0.0158 e. The summed E-state index contributed by atoms with van der Waals surface area (Å²) in [5.74, 6) is 0. The molecule has 0 radical (unpaired) electrons. The van der Waals surface area contributed by atoms with Gasteiger partial charge < -0.3 is 5.32 Å². The molecule has 1 N–H and O–H groups in total. The third-order valence-electron chi connectivity index (χ3n) is 3.74. The smallest absolute Gasteiger partial charge is 0.0158 e. The first-order chi connectivity index (χ1) is 6.77. The average molecular weight is 189 g/mol. The van der Waals surface area contributed by atoms with Crippen LogP contribution in [0.1, 0.15) is 31.7 Å². The van der Waals surface area contributed by atoms with Gasteiger partial charge in [0.05, 0.1) is 0 Å². The highest BCUT2D eigenvalue weighted by atomic mass is 14.9. The molecule has 1 saturated carbocycles. The summed E-state index contributed by atoms with van der Waals surface area (Å²) in [7, 11) is 2.08. The summed E-state index contributed by atoms with van der Waals surface area (Å²) >= 11 is 0. The fraction of sp³-hybridized carbons (Fsp3) is 0.538. The molecular formula is C13H19N. The van der Waals surface area contributed by atoms with Gasteiger partial charge in [0.15, 0.2) is 0 Å². The number of hydrogen-bond acceptors (Lipinski definition) is 1. The molecule has 0 amide bonds. The van der Waals surface area contributed by atoms with Crippen LogP contribution in [0.15, 0.2) is 30.3 Å². The van der Waals surface area contributed by atoms with Crippen molar-refractivity contribution in [3.05, 3.63) is 35.9 Å². The van der Waals surface area contributed by atoms with E-state index in [1.807, 2.05) is 0 Å². The van der Waals surface area contributed by atoms with Crippen LogP contribution in [0, 0.1) is 0 Å². The van der Waals surface area contributed by atoms with Crippen LogP contribution in [-0.2, 0) is 5.41 Å². The van der Waals surface area contributed by atoms with Gasteiger partial charge in [-0.2, -0.15) is 0 Å². The molecule has 1 heteroatoms. The van der Waals surface area contributed by atoms with Crippen molar-refractivity contribution in [2.45, 2.75) is 37.6 Å². The van der Waals surface area contributed by atoms with Crippen molar-refractivity contribution in [1.29, 1.82) is 0 Å². The summed E-state index contributed by atoms with van der Waals surface area (Å²) in [5.41, 5.74) is 1.83. The Labute approximate surface area is 86.5 Å². The SMILES string of the molecule is CN[C@H]1CCC[C@@]1(C)c1ccccc1. The second-order valence-electron chi connectivity index (χ2n) is 4.52. The van der Waals surface area contributed by atoms with Crippen molar-refractivity contribution >= 4 is 0 Å². The molecule has 1 aromatic carbocycles. The number of benzene rings is 1. The van der Waals surface area contributed by atoms with Gasteiger partial charge in [-0.1, -0.05) is 43.7 Å². The maximum atomic E-state index is 3.45. The molecule has 0 heterocycles. The van der Waals surface area contributed by atoms with E-state index in [1.54, 1.807) is 0 Å². The lowest BCUT2D eigenvalue weighted by Crippen LogP contribution is -2.40. The first kappa shape index (κ1) is 9.72. The lowest BCUT2D eigenvalue weighted by Gasteiger charge is -2.32. The van der Waals surface area contributed by atoms with Crippen molar-refractivity contribution in [2.24, 2.45) is 0 Å². The van der Waals surface area contributed by atoms with Gasteiger partial charge in [0.25, 0.3) is 0 Å². The molecule has 0 spiro atoms. The zero-order valence-electron chi connectivity index (χ0n) is 9.09. The average Bonchev–Trinajstić information content (AvgIpc) is 2.62. The molecule has 0 aromatic heterocycles. The first-order valence-corrected chi connectivity index (χ1v) is 5.50. The van der Waals surface area contributed by atoms with Crippen LogP contribution in [0.25, 0.3) is 0 Å². The highest BCUT2D eigenvalue weighted by Crippen LogP contribution is 2.40. The van der Waals surface area contributed by atoms with E-state index in [4.69, 9.17) is 0 Å². The normalized spacial score (nSPS) is 32.0. The van der Waals surface area contributed by atoms with Crippen molar-refractivity contribution in [3.8, 4) is 0 Å². The van der Waals surface area contributed by atoms with Gasteiger partial charge in [-0.15, -0.1) is 0 Å². The van der Waals surface area contributed by atoms with E-state index >= 15 is 0 Å². The minimum Gasteiger partial charge on any atom is -0.316 e. The van der Waals surface area contributed by atoms with Crippen LogP contribution in [0.3, 0.4) is 0 Å². The van der Waals surface area contributed by atoms with E-state index in [0.29, 0.717) is 11.5 Å². The van der Waals surface area contributed by atoms with E-state index < -0.39 is 0 Å². The molecule has 0 bridgehead atoms. The van der Waals surface area contributed by atoms with Gasteiger partial charge in [-0.3, -0.25) is 0 Å². The largest absolute Gasteiger partial charge is 0.316 e. The minimum atomic E-state index is 0.343. The summed E-state index contributed by atoms with van der Waals surface area (Å²) in [6, 6.07) is 11.5. The van der Waals surface area contributed by atoms with E-state index in [-0.39, 0.29) is 0 Å². The molecule has 1 aromatic rings. The van der Waals surface area contributed by atoms with Gasteiger partial charge in [-0.05, 0) is 25.5 Å². The second kappa shape index (κ2) is 3.74. The van der Waals surface area contributed by atoms with Crippen molar-refractivity contribution in [3.63, 3.8) is 0 Å². The van der Waals surface area contributed by atoms with E-state index in [0.717, 1.165) is 0 Å². The van der Waals surface area contributed by atoms with Gasteiger partial charge in [0, 0.05) is 11.5 Å². The molecular weight excluding hydrogens is 170 g/mol. The predicted molar refractivity (Wildman–Crippen MR) is 60.5 cm³/mol. The van der Waals surface area contributed by atoms with Crippen LogP contribution >= 0.6 is 0 Å². The lowest BCUT2D eigenvalue weighted by atomic mass is 9.78. The van der Waals surface area contributed by atoms with Crippen LogP contribution < -0.4 is 5.32 Å². The summed E-state index contributed by atoms with van der Waals surface area (Å²) in [5, 5.41) is 3.45. The Morgan fingerprint density at radius 2 is 2.00 bits per heavy atom. The van der Waals surface area contributed by atoms with Crippen molar-refractivity contribution in [1.82, 2.24) is 5.32 Å². The fourth-order valence-corrected chi connectivity index (χ4v) is 2.79. The Hall–Kier alpha value is -0.820. The molecule has 2 rings (SSSR count). The Kier molecular flexibility index (Phi) is 2.60. The van der Waals surface area contributed by atoms with Crippen LogP contribution in [0.4, 0.5) is 0 Å². The fourth-order valence-electron chi connectivity index (χ4n) is 2.79. The highest BCUT2D eigenvalue weighted by molar-refractivity contribution is 5.28. The number of hydrogen-bond donors (Lipinski definition) is 1. The second-order valence-corrected chi connectivity index (χ2v) is 4.52. The molecule has 76 valence electrons. The van der Waals surface area contributed by atoms with E-state index in [2.05, 4.69) is 49.6 Å². The van der Waals surface area contributed by atoms with E-state index in [1.165, 1.54) is 24.8 Å². The van der Waals surface area contributed by atoms with Crippen LogP contribution in [-0.4, -0.2) is 13.1 Å². The van der Waals surface area contributed by atoms with Crippen molar-refractivity contribution < 1.29 is 0 Å². The summed E-state index contributed by atoms with van der Waals surface area (Å²) in [6.45, 7) is 2.39. The van der Waals surface area contributed by atoms with E-state index in [9.17, 15) is 0 Å². The third kappa shape index (κ3) is 1.46. The molecule has 1 aliphatic rings. The molecule has 0 aliphatic heterocycles. The molecule has 1 fully saturated rings. The van der Waals surface area contributed by atoms with Gasteiger partial charge >= 0.3 is 0 Å². The maximum absolute atomic E-state index is 3.45. The molecule has 0 saturated heterocycles. The monoisotopic (exact) mass is 189 g/mol. The summed E-state index contributed by atoms with van der Waals surface area (Å²) < 4.78 is 0. The Bertz CT molecular complexity index is 293. The van der Waals surface area contributed by atoms with Crippen LogP contribution in [0.5, 0.6) is 0 Å². The first-order valence-electron chi connectivity index (χ1n) is 5.50.